The molecule has 0 unspecified atom stereocenters. The van der Waals surface area contributed by atoms with Crippen LogP contribution in [-0.4, -0.2) is 46.1 Å². The predicted octanol–water partition coefficient (Wildman–Crippen LogP) is 2.41. The van der Waals surface area contributed by atoms with Gasteiger partial charge in [0.05, 0.1) is 5.69 Å². The lowest BCUT2D eigenvalue weighted by atomic mass is 9.86. The summed E-state index contributed by atoms with van der Waals surface area (Å²) in [5.41, 5.74) is 0.646. The Morgan fingerprint density at radius 3 is 2.84 bits per heavy atom. The Bertz CT molecular complexity index is 586. The van der Waals surface area contributed by atoms with Crippen LogP contribution in [0.3, 0.4) is 0 Å². The second-order valence-electron chi connectivity index (χ2n) is 7.76. The van der Waals surface area contributed by atoms with Gasteiger partial charge in [0.2, 0.25) is 0 Å². The summed E-state index contributed by atoms with van der Waals surface area (Å²) >= 11 is 0. The number of pyridine rings is 1. The first kappa shape index (κ1) is 18.3. The highest BCUT2D eigenvalue weighted by atomic mass is 16.3. The van der Waals surface area contributed by atoms with Crippen molar-refractivity contribution < 1.29 is 9.90 Å². The third-order valence-corrected chi connectivity index (χ3v) is 5.58. The van der Waals surface area contributed by atoms with Crippen LogP contribution in [0.25, 0.3) is 0 Å². The first-order valence-electron chi connectivity index (χ1n) is 9.72. The quantitative estimate of drug-likeness (QED) is 0.831. The van der Waals surface area contributed by atoms with Crippen LogP contribution < -0.4 is 5.32 Å². The second-order valence-corrected chi connectivity index (χ2v) is 7.76. The lowest BCUT2D eigenvalue weighted by Gasteiger charge is -2.40. The Hall–Kier alpha value is -1.46. The molecule has 2 aliphatic rings. The minimum atomic E-state index is -1.27. The maximum absolute atomic E-state index is 12.8. The molecular formula is C20H31N3O2. The summed E-state index contributed by atoms with van der Waals surface area (Å²) in [6.45, 7) is 4.44. The van der Waals surface area contributed by atoms with Crippen molar-refractivity contribution in [2.75, 3.05) is 19.6 Å². The number of nitrogens with one attached hydrogen (secondary N) is 1. The number of carbonyl (C=O) groups excluding carboxylic acids is 1. The van der Waals surface area contributed by atoms with E-state index in [1.807, 2.05) is 30.0 Å². The number of likely N-dealkylation sites (tertiary alicyclic amines) is 1. The van der Waals surface area contributed by atoms with Crippen LogP contribution >= 0.6 is 0 Å². The van der Waals surface area contributed by atoms with E-state index in [0.29, 0.717) is 25.4 Å². The van der Waals surface area contributed by atoms with Crippen molar-refractivity contribution in [3.05, 3.63) is 29.6 Å². The number of aliphatic hydroxyl groups is 1. The van der Waals surface area contributed by atoms with Gasteiger partial charge < -0.3 is 15.3 Å². The highest BCUT2D eigenvalue weighted by Gasteiger charge is 2.42. The van der Waals surface area contributed by atoms with Gasteiger partial charge in [0.25, 0.3) is 5.91 Å². The SMILES string of the molecule is Cc1cccc(CNC[C@@]2(O)CCCN(CC3CCCCC3)C2=O)n1. The van der Waals surface area contributed by atoms with Crippen LogP contribution in [0.15, 0.2) is 18.2 Å². The number of nitrogens with zero attached hydrogens (tertiary/aromatic N) is 2. The zero-order chi connectivity index (χ0) is 17.7. The highest BCUT2D eigenvalue weighted by Crippen LogP contribution is 2.28. The smallest absolute Gasteiger partial charge is 0.255 e. The normalized spacial score (nSPS) is 25.4. The fourth-order valence-corrected chi connectivity index (χ4v) is 4.18. The molecule has 0 bridgehead atoms. The van der Waals surface area contributed by atoms with Gasteiger partial charge in [0.15, 0.2) is 5.60 Å². The van der Waals surface area contributed by atoms with E-state index in [-0.39, 0.29) is 5.91 Å². The molecule has 1 aromatic heterocycles. The molecule has 25 heavy (non-hydrogen) atoms. The van der Waals surface area contributed by atoms with Gasteiger partial charge >= 0.3 is 0 Å². The van der Waals surface area contributed by atoms with Gasteiger partial charge in [-0.05, 0) is 50.7 Å². The molecule has 1 aliphatic heterocycles. The van der Waals surface area contributed by atoms with Crippen LogP contribution in [-0.2, 0) is 11.3 Å². The number of aromatic nitrogens is 1. The molecule has 5 nitrogen and oxygen atoms in total. The van der Waals surface area contributed by atoms with Crippen LogP contribution in [0.1, 0.15) is 56.3 Å². The lowest BCUT2D eigenvalue weighted by molar-refractivity contribution is -0.157. The molecular weight excluding hydrogens is 314 g/mol. The molecule has 0 aromatic carbocycles. The predicted molar refractivity (Wildman–Crippen MR) is 98.0 cm³/mol. The fourth-order valence-electron chi connectivity index (χ4n) is 4.18. The molecule has 1 aliphatic carbocycles. The van der Waals surface area contributed by atoms with Crippen molar-refractivity contribution in [3.8, 4) is 0 Å². The topological polar surface area (TPSA) is 65.5 Å². The molecule has 0 radical (unpaired) electrons. The first-order chi connectivity index (χ1) is 12.1. The van der Waals surface area contributed by atoms with Gasteiger partial charge in [-0.2, -0.15) is 0 Å². The Labute approximate surface area is 150 Å². The summed E-state index contributed by atoms with van der Waals surface area (Å²) in [5, 5.41) is 14.1. The van der Waals surface area contributed by atoms with Crippen molar-refractivity contribution in [2.24, 2.45) is 5.92 Å². The zero-order valence-corrected chi connectivity index (χ0v) is 15.3. The molecule has 1 aromatic rings. The first-order valence-corrected chi connectivity index (χ1v) is 9.72. The molecule has 5 heteroatoms. The highest BCUT2D eigenvalue weighted by molar-refractivity contribution is 5.86. The Morgan fingerprint density at radius 1 is 1.28 bits per heavy atom. The summed E-state index contributed by atoms with van der Waals surface area (Å²) in [7, 11) is 0. The van der Waals surface area contributed by atoms with Gasteiger partial charge in [-0.1, -0.05) is 25.3 Å². The molecule has 1 atom stereocenters. The van der Waals surface area contributed by atoms with Crippen molar-refractivity contribution in [1.82, 2.24) is 15.2 Å². The van der Waals surface area contributed by atoms with E-state index in [2.05, 4.69) is 10.3 Å². The van der Waals surface area contributed by atoms with Gasteiger partial charge in [0, 0.05) is 31.9 Å². The molecule has 1 saturated heterocycles. The standard InChI is InChI=1S/C20H31N3O2/c1-16-7-5-10-18(22-16)13-21-15-20(25)11-6-12-23(19(20)24)14-17-8-3-2-4-9-17/h5,7,10,17,21,25H,2-4,6,8-9,11-15H2,1H3/t20-/m0/s1. The Balaban J connectivity index is 1.53. The average Bonchev–Trinajstić information content (AvgIpc) is 2.60. The van der Waals surface area contributed by atoms with Crippen molar-refractivity contribution in [1.29, 1.82) is 0 Å². The van der Waals surface area contributed by atoms with E-state index < -0.39 is 5.60 Å². The molecule has 1 saturated carbocycles. The lowest BCUT2D eigenvalue weighted by Crippen LogP contribution is -2.58. The fraction of sp³-hybridized carbons (Fsp3) is 0.700. The molecule has 1 amide bonds. The van der Waals surface area contributed by atoms with Crippen LogP contribution in [0.5, 0.6) is 0 Å². The Kier molecular flexibility index (Phi) is 6.07. The number of amides is 1. The van der Waals surface area contributed by atoms with E-state index in [9.17, 15) is 9.90 Å². The summed E-state index contributed by atoms with van der Waals surface area (Å²) in [6, 6.07) is 5.90. The number of hydrogen-bond donors (Lipinski definition) is 2. The largest absolute Gasteiger partial charge is 0.379 e. The van der Waals surface area contributed by atoms with E-state index in [0.717, 1.165) is 30.9 Å². The summed E-state index contributed by atoms with van der Waals surface area (Å²) in [5.74, 6) is 0.526. The molecule has 2 N–H and O–H groups in total. The number of hydrogen-bond acceptors (Lipinski definition) is 4. The van der Waals surface area contributed by atoms with E-state index in [4.69, 9.17) is 0 Å². The minimum Gasteiger partial charge on any atom is -0.379 e. The van der Waals surface area contributed by atoms with Gasteiger partial charge in [-0.3, -0.25) is 9.78 Å². The average molecular weight is 345 g/mol. The Morgan fingerprint density at radius 2 is 2.08 bits per heavy atom. The maximum atomic E-state index is 12.8. The number of piperidine rings is 1. The van der Waals surface area contributed by atoms with Crippen molar-refractivity contribution in [3.63, 3.8) is 0 Å². The van der Waals surface area contributed by atoms with Crippen LogP contribution in [0.2, 0.25) is 0 Å². The maximum Gasteiger partial charge on any atom is 0.255 e. The summed E-state index contributed by atoms with van der Waals surface area (Å²) < 4.78 is 0. The third-order valence-electron chi connectivity index (χ3n) is 5.58. The van der Waals surface area contributed by atoms with Gasteiger partial charge in [0.1, 0.15) is 0 Å². The summed E-state index contributed by atoms with van der Waals surface area (Å²) in [4.78, 5) is 19.2. The number of aryl methyl sites for hydroxylation is 1. The number of carbonyl (C=O) groups is 1. The molecule has 138 valence electrons. The number of rotatable bonds is 6. The van der Waals surface area contributed by atoms with E-state index >= 15 is 0 Å². The van der Waals surface area contributed by atoms with Crippen molar-refractivity contribution >= 4 is 5.91 Å². The van der Waals surface area contributed by atoms with Gasteiger partial charge in [-0.15, -0.1) is 0 Å². The third kappa shape index (κ3) is 4.79. The molecule has 3 rings (SSSR count). The molecule has 0 spiro atoms. The minimum absolute atomic E-state index is 0.0889. The van der Waals surface area contributed by atoms with E-state index in [1.165, 1.54) is 32.1 Å². The molecule has 2 heterocycles. The monoisotopic (exact) mass is 345 g/mol. The molecule has 2 fully saturated rings. The summed E-state index contributed by atoms with van der Waals surface area (Å²) in [6.07, 6.45) is 7.74. The van der Waals surface area contributed by atoms with Crippen LogP contribution in [0, 0.1) is 12.8 Å². The van der Waals surface area contributed by atoms with E-state index in [1.54, 1.807) is 0 Å². The second kappa shape index (κ2) is 8.28. The van der Waals surface area contributed by atoms with Gasteiger partial charge in [-0.25, -0.2) is 0 Å². The van der Waals surface area contributed by atoms with Crippen molar-refractivity contribution in [2.45, 2.75) is 64.0 Å². The van der Waals surface area contributed by atoms with Crippen LogP contribution in [0.4, 0.5) is 0 Å². The zero-order valence-electron chi connectivity index (χ0n) is 15.3.